The number of hydrogen-bond acceptors (Lipinski definition) is 2. The van der Waals surface area contributed by atoms with Crippen molar-refractivity contribution < 1.29 is 9.47 Å². The van der Waals surface area contributed by atoms with Crippen LogP contribution in [0.25, 0.3) is 0 Å². The Bertz CT molecular complexity index is 363. The molecule has 3 heteroatoms. The Balaban J connectivity index is 2.27. The Labute approximate surface area is 105 Å². The lowest BCUT2D eigenvalue weighted by Gasteiger charge is -2.16. The molecule has 2 rings (SSSR count). The molecule has 1 aromatic carbocycles. The summed E-state index contributed by atoms with van der Waals surface area (Å²) in [6, 6.07) is 6.19. The topological polar surface area (TPSA) is 18.5 Å². The van der Waals surface area contributed by atoms with E-state index in [0.717, 1.165) is 31.1 Å². The van der Waals surface area contributed by atoms with Crippen LogP contribution in [-0.4, -0.2) is 13.2 Å². The van der Waals surface area contributed by atoms with Gasteiger partial charge in [-0.1, -0.05) is 35.8 Å². The SMILES string of the molecule is CC(C)C(Br)c1ccc2c(c1)OCCCO2. The molecule has 2 nitrogen and oxygen atoms in total. The third kappa shape index (κ3) is 2.51. The van der Waals surface area contributed by atoms with Crippen LogP contribution in [0.1, 0.15) is 30.7 Å². The molecule has 1 heterocycles. The minimum Gasteiger partial charge on any atom is -0.490 e. The molecule has 0 spiro atoms. The summed E-state index contributed by atoms with van der Waals surface area (Å²) >= 11 is 3.70. The molecular weight excluding hydrogens is 268 g/mol. The zero-order valence-electron chi connectivity index (χ0n) is 9.70. The molecule has 0 radical (unpaired) electrons. The van der Waals surface area contributed by atoms with Crippen LogP contribution in [0.3, 0.4) is 0 Å². The average Bonchev–Trinajstić information content (AvgIpc) is 2.51. The van der Waals surface area contributed by atoms with E-state index in [0.29, 0.717) is 10.7 Å². The van der Waals surface area contributed by atoms with Crippen molar-refractivity contribution in [2.24, 2.45) is 5.92 Å². The number of rotatable bonds is 2. The van der Waals surface area contributed by atoms with Crippen LogP contribution in [0.4, 0.5) is 0 Å². The molecule has 16 heavy (non-hydrogen) atoms. The van der Waals surface area contributed by atoms with Gasteiger partial charge in [-0.25, -0.2) is 0 Å². The summed E-state index contributed by atoms with van der Waals surface area (Å²) in [7, 11) is 0. The molecule has 1 aliphatic rings. The quantitative estimate of drug-likeness (QED) is 0.766. The van der Waals surface area contributed by atoms with E-state index < -0.39 is 0 Å². The van der Waals surface area contributed by atoms with Gasteiger partial charge in [0.2, 0.25) is 0 Å². The monoisotopic (exact) mass is 284 g/mol. The van der Waals surface area contributed by atoms with Gasteiger partial charge in [0.05, 0.1) is 13.2 Å². The van der Waals surface area contributed by atoms with Gasteiger partial charge in [-0.15, -0.1) is 0 Å². The fourth-order valence-electron chi connectivity index (χ4n) is 1.74. The zero-order valence-corrected chi connectivity index (χ0v) is 11.3. The minimum atomic E-state index is 0.365. The third-order valence-corrected chi connectivity index (χ3v) is 4.26. The van der Waals surface area contributed by atoms with Gasteiger partial charge in [0.1, 0.15) is 0 Å². The van der Waals surface area contributed by atoms with Crippen molar-refractivity contribution in [2.45, 2.75) is 25.1 Å². The molecule has 0 bridgehead atoms. The Morgan fingerprint density at radius 2 is 1.81 bits per heavy atom. The van der Waals surface area contributed by atoms with Gasteiger partial charge in [0.15, 0.2) is 11.5 Å². The van der Waals surface area contributed by atoms with Crippen molar-refractivity contribution in [3.63, 3.8) is 0 Å². The van der Waals surface area contributed by atoms with Gasteiger partial charge >= 0.3 is 0 Å². The van der Waals surface area contributed by atoms with Gasteiger partial charge in [0.25, 0.3) is 0 Å². The summed E-state index contributed by atoms with van der Waals surface area (Å²) in [4.78, 5) is 0.365. The van der Waals surface area contributed by atoms with Crippen molar-refractivity contribution in [1.82, 2.24) is 0 Å². The van der Waals surface area contributed by atoms with Crippen molar-refractivity contribution in [1.29, 1.82) is 0 Å². The molecule has 0 N–H and O–H groups in total. The first-order valence-corrected chi connectivity index (χ1v) is 6.63. The van der Waals surface area contributed by atoms with E-state index in [-0.39, 0.29) is 0 Å². The third-order valence-electron chi connectivity index (χ3n) is 2.68. The van der Waals surface area contributed by atoms with Crippen molar-refractivity contribution in [3.05, 3.63) is 23.8 Å². The first-order valence-electron chi connectivity index (χ1n) is 5.72. The molecule has 1 aliphatic heterocycles. The number of benzene rings is 1. The van der Waals surface area contributed by atoms with Crippen LogP contribution < -0.4 is 9.47 Å². The average molecular weight is 285 g/mol. The molecular formula is C13H17BrO2. The van der Waals surface area contributed by atoms with Gasteiger partial charge in [-0.05, 0) is 23.6 Å². The lowest BCUT2D eigenvalue weighted by atomic mass is 10.0. The Hall–Kier alpha value is -0.700. The Morgan fingerprint density at radius 3 is 2.50 bits per heavy atom. The molecule has 0 amide bonds. The van der Waals surface area contributed by atoms with E-state index in [1.165, 1.54) is 5.56 Å². The van der Waals surface area contributed by atoms with Gasteiger partial charge in [0, 0.05) is 11.2 Å². The molecule has 0 fully saturated rings. The fraction of sp³-hybridized carbons (Fsp3) is 0.538. The molecule has 0 aromatic heterocycles. The van der Waals surface area contributed by atoms with Crippen LogP contribution in [-0.2, 0) is 0 Å². The summed E-state index contributed by atoms with van der Waals surface area (Å²) in [6.07, 6.45) is 0.950. The van der Waals surface area contributed by atoms with E-state index in [1.807, 2.05) is 6.07 Å². The minimum absolute atomic E-state index is 0.365. The van der Waals surface area contributed by atoms with Crippen LogP contribution in [0.5, 0.6) is 11.5 Å². The largest absolute Gasteiger partial charge is 0.490 e. The van der Waals surface area contributed by atoms with E-state index >= 15 is 0 Å². The lowest BCUT2D eigenvalue weighted by molar-refractivity contribution is 0.297. The first-order chi connectivity index (χ1) is 7.68. The maximum Gasteiger partial charge on any atom is 0.161 e. The summed E-state index contributed by atoms with van der Waals surface area (Å²) in [5, 5.41) is 0. The van der Waals surface area contributed by atoms with E-state index in [1.54, 1.807) is 0 Å². The highest BCUT2D eigenvalue weighted by Gasteiger charge is 2.16. The summed E-state index contributed by atoms with van der Waals surface area (Å²) in [5.41, 5.74) is 1.25. The summed E-state index contributed by atoms with van der Waals surface area (Å²) < 4.78 is 11.3. The molecule has 0 aliphatic carbocycles. The Morgan fingerprint density at radius 1 is 1.12 bits per heavy atom. The normalized spacial score (nSPS) is 17.0. The second-order valence-corrected chi connectivity index (χ2v) is 5.39. The highest BCUT2D eigenvalue weighted by Crippen LogP contribution is 2.37. The summed E-state index contributed by atoms with van der Waals surface area (Å²) in [5.74, 6) is 2.30. The second-order valence-electron chi connectivity index (χ2n) is 4.40. The number of ether oxygens (including phenoxy) is 2. The van der Waals surface area contributed by atoms with Crippen molar-refractivity contribution >= 4 is 15.9 Å². The highest BCUT2D eigenvalue weighted by molar-refractivity contribution is 9.09. The van der Waals surface area contributed by atoms with Crippen molar-refractivity contribution in [3.8, 4) is 11.5 Å². The van der Waals surface area contributed by atoms with Crippen LogP contribution in [0.2, 0.25) is 0 Å². The van der Waals surface area contributed by atoms with E-state index in [9.17, 15) is 0 Å². The molecule has 88 valence electrons. The van der Waals surface area contributed by atoms with Gasteiger partial charge in [-0.3, -0.25) is 0 Å². The maximum absolute atomic E-state index is 5.67. The van der Waals surface area contributed by atoms with Crippen LogP contribution in [0.15, 0.2) is 18.2 Å². The fourth-order valence-corrected chi connectivity index (χ4v) is 2.02. The predicted octanol–water partition coefficient (Wildman–Crippen LogP) is 3.94. The first kappa shape index (κ1) is 11.8. The highest BCUT2D eigenvalue weighted by atomic mass is 79.9. The molecule has 1 aromatic rings. The van der Waals surface area contributed by atoms with Gasteiger partial charge < -0.3 is 9.47 Å². The maximum atomic E-state index is 5.67. The second kappa shape index (κ2) is 5.09. The lowest BCUT2D eigenvalue weighted by Crippen LogP contribution is -2.00. The predicted molar refractivity (Wildman–Crippen MR) is 68.6 cm³/mol. The zero-order chi connectivity index (χ0) is 11.5. The number of fused-ring (bicyclic) bond motifs is 1. The number of halogens is 1. The van der Waals surface area contributed by atoms with Crippen LogP contribution in [0, 0.1) is 5.92 Å². The Kier molecular flexibility index (Phi) is 3.74. The smallest absolute Gasteiger partial charge is 0.161 e. The van der Waals surface area contributed by atoms with E-state index in [4.69, 9.17) is 9.47 Å². The molecule has 0 saturated heterocycles. The van der Waals surface area contributed by atoms with Gasteiger partial charge in [-0.2, -0.15) is 0 Å². The molecule has 1 atom stereocenters. The number of alkyl halides is 1. The van der Waals surface area contributed by atoms with Crippen LogP contribution >= 0.6 is 15.9 Å². The summed E-state index contributed by atoms with van der Waals surface area (Å²) in [6.45, 7) is 5.88. The number of hydrogen-bond donors (Lipinski definition) is 0. The molecule has 1 unspecified atom stereocenters. The standard InChI is InChI=1S/C13H17BrO2/c1-9(2)13(14)10-4-5-11-12(8-10)16-7-3-6-15-11/h4-5,8-9,13H,3,6-7H2,1-2H3. The van der Waals surface area contributed by atoms with E-state index in [2.05, 4.69) is 41.9 Å². The van der Waals surface area contributed by atoms with Crippen molar-refractivity contribution in [2.75, 3.05) is 13.2 Å². The molecule has 0 saturated carbocycles.